The summed E-state index contributed by atoms with van der Waals surface area (Å²) in [7, 11) is 0. The molecular weight excluding hydrogens is 443 g/mol. The molecule has 0 fully saturated rings. The number of amides is 2. The first-order chi connectivity index (χ1) is 16.2. The van der Waals surface area contributed by atoms with Crippen molar-refractivity contribution in [2.24, 2.45) is 4.99 Å². The lowest BCUT2D eigenvalue weighted by Gasteiger charge is -2.29. The number of carbonyl (C=O) groups is 2. The van der Waals surface area contributed by atoms with Crippen LogP contribution in [0.3, 0.4) is 0 Å². The van der Waals surface area contributed by atoms with Crippen LogP contribution in [0.4, 0.5) is 13.2 Å². The molecule has 0 spiro atoms. The quantitative estimate of drug-likeness (QED) is 0.582. The van der Waals surface area contributed by atoms with Crippen molar-refractivity contribution in [3.05, 3.63) is 107 Å². The fourth-order valence-electron chi connectivity index (χ4n) is 3.74. The molecule has 0 bridgehead atoms. The van der Waals surface area contributed by atoms with E-state index in [2.05, 4.69) is 4.99 Å². The van der Waals surface area contributed by atoms with Gasteiger partial charge in [0.2, 0.25) is 0 Å². The molecule has 1 aliphatic rings. The minimum absolute atomic E-state index is 0.00113. The first-order valence-corrected chi connectivity index (χ1v) is 10.7. The summed E-state index contributed by atoms with van der Waals surface area (Å²) in [6, 6.07) is 23.3. The molecule has 1 unspecified atom stereocenters. The number of carbonyl (C=O) groups excluding carboxylic acids is 2. The van der Waals surface area contributed by atoms with Crippen LogP contribution in [0.15, 0.2) is 89.9 Å². The molecule has 2 amide bonds. The third kappa shape index (κ3) is 4.44. The molecule has 5 nitrogen and oxygen atoms in total. The number of nitrogens with zero attached hydrogens (tertiary/aromatic N) is 2. The number of benzene rings is 3. The van der Waals surface area contributed by atoms with Gasteiger partial charge in [0.05, 0.1) is 0 Å². The molecule has 1 aliphatic heterocycles. The highest BCUT2D eigenvalue weighted by molar-refractivity contribution is 6.16. The number of hydrogen-bond donors (Lipinski definition) is 1. The molecular formula is C26H22F3N3O2. The van der Waals surface area contributed by atoms with Gasteiger partial charge in [-0.3, -0.25) is 14.5 Å². The zero-order valence-corrected chi connectivity index (χ0v) is 18.3. The lowest BCUT2D eigenvalue weighted by molar-refractivity contribution is -0.196. The smallest absolute Gasteiger partial charge is 0.312 e. The second-order valence-corrected chi connectivity index (χ2v) is 8.02. The summed E-state index contributed by atoms with van der Waals surface area (Å²) < 4.78 is 43.4. The topological polar surface area (TPSA) is 61.8 Å². The molecule has 0 saturated heterocycles. The van der Waals surface area contributed by atoms with E-state index < -0.39 is 23.7 Å². The van der Waals surface area contributed by atoms with Crippen LogP contribution in [0.25, 0.3) is 0 Å². The van der Waals surface area contributed by atoms with Crippen LogP contribution in [0.1, 0.15) is 27.0 Å². The second-order valence-electron chi connectivity index (χ2n) is 8.02. The minimum atomic E-state index is -5.16. The van der Waals surface area contributed by atoms with Crippen molar-refractivity contribution in [1.29, 1.82) is 0 Å². The second kappa shape index (κ2) is 9.13. The number of alkyl halides is 3. The number of halogens is 3. The Labute approximate surface area is 194 Å². The number of aliphatic imine (C=N–C) groups is 1. The summed E-state index contributed by atoms with van der Waals surface area (Å²) in [5, 5.41) is 1.90. The Morgan fingerprint density at radius 2 is 1.53 bits per heavy atom. The van der Waals surface area contributed by atoms with Gasteiger partial charge in [0, 0.05) is 17.7 Å². The minimum Gasteiger partial charge on any atom is -0.312 e. The first kappa shape index (κ1) is 23.2. The van der Waals surface area contributed by atoms with Gasteiger partial charge in [-0.1, -0.05) is 78.4 Å². The van der Waals surface area contributed by atoms with Crippen LogP contribution in [0.5, 0.6) is 0 Å². The lowest BCUT2D eigenvalue weighted by atomic mass is 10.1. The molecule has 4 rings (SSSR count). The largest absolute Gasteiger partial charge is 0.442 e. The van der Waals surface area contributed by atoms with Crippen molar-refractivity contribution < 1.29 is 22.8 Å². The van der Waals surface area contributed by atoms with E-state index in [4.69, 9.17) is 0 Å². The highest BCUT2D eigenvalue weighted by Gasteiger charge is 2.67. The molecule has 1 atom stereocenters. The van der Waals surface area contributed by atoms with Crippen molar-refractivity contribution in [3.8, 4) is 0 Å². The monoisotopic (exact) mass is 465 g/mol. The Kier molecular flexibility index (Phi) is 6.24. The van der Waals surface area contributed by atoms with Gasteiger partial charge in [-0.05, 0) is 31.0 Å². The van der Waals surface area contributed by atoms with Crippen LogP contribution in [-0.4, -0.2) is 40.9 Å². The van der Waals surface area contributed by atoms with Gasteiger partial charge in [0.25, 0.3) is 11.8 Å². The van der Waals surface area contributed by atoms with E-state index in [0.717, 1.165) is 16.0 Å². The Hall–Kier alpha value is -3.94. The van der Waals surface area contributed by atoms with Gasteiger partial charge < -0.3 is 5.32 Å². The highest BCUT2D eigenvalue weighted by Crippen LogP contribution is 2.38. The third-order valence-corrected chi connectivity index (χ3v) is 5.60. The third-order valence-electron chi connectivity index (χ3n) is 5.60. The van der Waals surface area contributed by atoms with Crippen molar-refractivity contribution >= 4 is 17.6 Å². The molecule has 8 heteroatoms. The van der Waals surface area contributed by atoms with Gasteiger partial charge in [-0.25, -0.2) is 4.99 Å². The van der Waals surface area contributed by atoms with Crippen molar-refractivity contribution in [2.75, 3.05) is 6.54 Å². The molecule has 0 saturated carbocycles. The van der Waals surface area contributed by atoms with Gasteiger partial charge in [0.1, 0.15) is 5.84 Å². The standard InChI is InChI=1S/C26H22F3N3O2/c1-18-12-14-21(15-13-18)23(33)31-25(26(27,28)29)24(34)32(17-16-19-8-4-2-5-9-19)22(30-25)20-10-6-3-7-11-20/h2-15H,16-17H2,1H3,(H,31,33). The molecule has 1 heterocycles. The Morgan fingerprint density at radius 1 is 0.941 bits per heavy atom. The van der Waals surface area contributed by atoms with E-state index in [9.17, 15) is 22.8 Å². The molecule has 0 radical (unpaired) electrons. The van der Waals surface area contributed by atoms with Crippen LogP contribution in [0.2, 0.25) is 0 Å². The highest BCUT2D eigenvalue weighted by atomic mass is 19.4. The van der Waals surface area contributed by atoms with Gasteiger partial charge >= 0.3 is 11.8 Å². The molecule has 1 N–H and O–H groups in total. The van der Waals surface area contributed by atoms with Crippen LogP contribution < -0.4 is 5.32 Å². The predicted octanol–water partition coefficient (Wildman–Crippen LogP) is 4.52. The molecule has 0 aromatic heterocycles. The van der Waals surface area contributed by atoms with Crippen LogP contribution in [0, 0.1) is 6.92 Å². The normalized spacial score (nSPS) is 18.1. The molecule has 0 aliphatic carbocycles. The predicted molar refractivity (Wildman–Crippen MR) is 122 cm³/mol. The summed E-state index contributed by atoms with van der Waals surface area (Å²) in [6.45, 7) is 1.76. The number of rotatable bonds is 6. The number of amidine groups is 1. The maximum atomic E-state index is 14.5. The lowest BCUT2D eigenvalue weighted by Crippen LogP contribution is -2.63. The number of aryl methyl sites for hydroxylation is 1. The van der Waals surface area contributed by atoms with E-state index in [0.29, 0.717) is 12.0 Å². The van der Waals surface area contributed by atoms with Crippen LogP contribution >= 0.6 is 0 Å². The van der Waals surface area contributed by atoms with Crippen molar-refractivity contribution in [1.82, 2.24) is 10.2 Å². The number of nitrogens with one attached hydrogen (secondary N) is 1. The van der Waals surface area contributed by atoms with E-state index in [1.807, 2.05) is 35.6 Å². The van der Waals surface area contributed by atoms with E-state index in [-0.39, 0.29) is 17.9 Å². The molecule has 3 aromatic carbocycles. The van der Waals surface area contributed by atoms with Crippen molar-refractivity contribution in [3.63, 3.8) is 0 Å². The fraction of sp³-hybridized carbons (Fsp3) is 0.192. The average molecular weight is 465 g/mol. The molecule has 174 valence electrons. The van der Waals surface area contributed by atoms with Crippen LogP contribution in [-0.2, 0) is 11.2 Å². The van der Waals surface area contributed by atoms with Gasteiger partial charge in [-0.15, -0.1) is 0 Å². The maximum absolute atomic E-state index is 14.5. The average Bonchev–Trinajstić information content (AvgIpc) is 3.12. The number of hydrogen-bond acceptors (Lipinski definition) is 3. The van der Waals surface area contributed by atoms with Gasteiger partial charge in [-0.2, -0.15) is 13.2 Å². The first-order valence-electron chi connectivity index (χ1n) is 10.7. The zero-order chi connectivity index (χ0) is 24.3. The zero-order valence-electron chi connectivity index (χ0n) is 18.3. The Balaban J connectivity index is 1.74. The fourth-order valence-corrected chi connectivity index (χ4v) is 3.74. The molecule has 3 aromatic rings. The molecule has 34 heavy (non-hydrogen) atoms. The van der Waals surface area contributed by atoms with Gasteiger partial charge in [0.15, 0.2) is 0 Å². The summed E-state index contributed by atoms with van der Waals surface area (Å²) >= 11 is 0. The summed E-state index contributed by atoms with van der Waals surface area (Å²) in [5.41, 5.74) is -1.37. The summed E-state index contributed by atoms with van der Waals surface area (Å²) in [6.07, 6.45) is -4.84. The van der Waals surface area contributed by atoms with Crippen molar-refractivity contribution in [2.45, 2.75) is 25.2 Å². The maximum Gasteiger partial charge on any atom is 0.442 e. The van der Waals surface area contributed by atoms with E-state index >= 15 is 0 Å². The van der Waals surface area contributed by atoms with E-state index in [1.165, 1.54) is 12.1 Å². The van der Waals surface area contributed by atoms with E-state index in [1.54, 1.807) is 49.4 Å². The summed E-state index contributed by atoms with van der Waals surface area (Å²) in [4.78, 5) is 31.0. The SMILES string of the molecule is Cc1ccc(C(=O)NC2(C(F)(F)F)N=C(c3ccccc3)N(CCc3ccccc3)C2=O)cc1. The summed E-state index contributed by atoms with van der Waals surface area (Å²) in [5.74, 6) is -2.51. The Morgan fingerprint density at radius 3 is 2.12 bits per heavy atom. The Bertz CT molecular complexity index is 1210.